The van der Waals surface area contributed by atoms with E-state index in [0.29, 0.717) is 12.5 Å². The Morgan fingerprint density at radius 2 is 2.00 bits per heavy atom. The van der Waals surface area contributed by atoms with E-state index in [0.717, 1.165) is 6.42 Å². The van der Waals surface area contributed by atoms with E-state index in [1.165, 1.54) is 12.8 Å². The van der Waals surface area contributed by atoms with Crippen molar-refractivity contribution in [3.63, 3.8) is 0 Å². The van der Waals surface area contributed by atoms with Gasteiger partial charge in [-0.05, 0) is 12.3 Å². The third kappa shape index (κ3) is 3.55. The van der Waals surface area contributed by atoms with Crippen LogP contribution in [0.15, 0.2) is 0 Å². The molecule has 2 N–H and O–H groups in total. The molecule has 2 heteroatoms. The van der Waals surface area contributed by atoms with Crippen molar-refractivity contribution in [3.8, 4) is 0 Å². The van der Waals surface area contributed by atoms with Crippen molar-refractivity contribution in [3.05, 3.63) is 0 Å². The minimum Gasteiger partial charge on any atom is -0.383 e. The van der Waals surface area contributed by atoms with Crippen molar-refractivity contribution in [1.82, 2.24) is 0 Å². The van der Waals surface area contributed by atoms with Crippen LogP contribution in [0.2, 0.25) is 0 Å². The zero-order chi connectivity index (χ0) is 9.61. The number of hydrogen-bond acceptors (Lipinski definition) is 2. The fraction of sp³-hybridized carbons (Fsp3) is 1.00. The van der Waals surface area contributed by atoms with Crippen LogP contribution in [0, 0.1) is 5.92 Å². The van der Waals surface area contributed by atoms with Crippen LogP contribution in [0.25, 0.3) is 0 Å². The standard InChI is InChI=1S/C10H23NO/c1-5-6-7-10(11,8-12-4)9(2)3/h9H,5-8,11H2,1-4H3. The van der Waals surface area contributed by atoms with Gasteiger partial charge in [0.25, 0.3) is 0 Å². The lowest BCUT2D eigenvalue weighted by Crippen LogP contribution is -2.49. The Hall–Kier alpha value is -0.0800. The van der Waals surface area contributed by atoms with Crippen LogP contribution in [0.5, 0.6) is 0 Å². The molecule has 0 spiro atoms. The zero-order valence-corrected chi connectivity index (χ0v) is 8.89. The van der Waals surface area contributed by atoms with Gasteiger partial charge in [0, 0.05) is 12.6 Å². The average molecular weight is 173 g/mol. The highest BCUT2D eigenvalue weighted by Gasteiger charge is 2.27. The van der Waals surface area contributed by atoms with Crippen molar-refractivity contribution < 1.29 is 4.74 Å². The van der Waals surface area contributed by atoms with E-state index >= 15 is 0 Å². The van der Waals surface area contributed by atoms with Crippen molar-refractivity contribution in [2.45, 2.75) is 45.6 Å². The fourth-order valence-corrected chi connectivity index (χ4v) is 1.30. The van der Waals surface area contributed by atoms with Crippen LogP contribution in [0.3, 0.4) is 0 Å². The summed E-state index contributed by atoms with van der Waals surface area (Å²) in [6, 6.07) is 0. The predicted octanol–water partition coefficient (Wildman–Crippen LogP) is 2.18. The Bertz CT molecular complexity index is 114. The molecule has 0 aromatic carbocycles. The molecule has 0 fully saturated rings. The highest BCUT2D eigenvalue weighted by atomic mass is 16.5. The van der Waals surface area contributed by atoms with Crippen molar-refractivity contribution in [1.29, 1.82) is 0 Å². The molecule has 0 saturated heterocycles. The third-order valence-electron chi connectivity index (χ3n) is 2.56. The minimum atomic E-state index is -0.120. The topological polar surface area (TPSA) is 35.2 Å². The number of ether oxygens (including phenoxy) is 1. The quantitative estimate of drug-likeness (QED) is 0.668. The smallest absolute Gasteiger partial charge is 0.0644 e. The van der Waals surface area contributed by atoms with Crippen LogP contribution in [-0.4, -0.2) is 19.3 Å². The van der Waals surface area contributed by atoms with E-state index in [9.17, 15) is 0 Å². The number of nitrogens with two attached hydrogens (primary N) is 1. The van der Waals surface area contributed by atoms with Gasteiger partial charge in [0.15, 0.2) is 0 Å². The lowest BCUT2D eigenvalue weighted by molar-refractivity contribution is 0.0972. The van der Waals surface area contributed by atoms with Gasteiger partial charge in [-0.1, -0.05) is 33.6 Å². The molecule has 2 nitrogen and oxygen atoms in total. The molecule has 0 aliphatic rings. The molecule has 0 aromatic heterocycles. The number of hydrogen-bond donors (Lipinski definition) is 1. The van der Waals surface area contributed by atoms with E-state index in [-0.39, 0.29) is 5.54 Å². The van der Waals surface area contributed by atoms with Gasteiger partial charge in [-0.25, -0.2) is 0 Å². The molecule has 0 radical (unpaired) electrons. The second kappa shape index (κ2) is 5.55. The largest absolute Gasteiger partial charge is 0.383 e. The minimum absolute atomic E-state index is 0.120. The molecule has 0 rings (SSSR count). The fourth-order valence-electron chi connectivity index (χ4n) is 1.30. The van der Waals surface area contributed by atoms with Crippen LogP contribution >= 0.6 is 0 Å². The first-order valence-electron chi connectivity index (χ1n) is 4.84. The molecule has 0 heterocycles. The summed E-state index contributed by atoms with van der Waals surface area (Å²) in [4.78, 5) is 0. The van der Waals surface area contributed by atoms with E-state index < -0.39 is 0 Å². The summed E-state index contributed by atoms with van der Waals surface area (Å²) in [5.74, 6) is 0.490. The Morgan fingerprint density at radius 3 is 2.33 bits per heavy atom. The van der Waals surface area contributed by atoms with Gasteiger partial charge in [-0.2, -0.15) is 0 Å². The van der Waals surface area contributed by atoms with Gasteiger partial charge in [0.2, 0.25) is 0 Å². The summed E-state index contributed by atoms with van der Waals surface area (Å²) in [7, 11) is 1.72. The average Bonchev–Trinajstić information content (AvgIpc) is 2.01. The number of unbranched alkanes of at least 4 members (excludes halogenated alkanes) is 1. The highest BCUT2D eigenvalue weighted by molar-refractivity contribution is 4.86. The molecule has 0 saturated carbocycles. The zero-order valence-electron chi connectivity index (χ0n) is 8.89. The van der Waals surface area contributed by atoms with Gasteiger partial charge >= 0.3 is 0 Å². The van der Waals surface area contributed by atoms with Gasteiger partial charge in [0.05, 0.1) is 6.61 Å². The predicted molar refractivity (Wildman–Crippen MR) is 53.2 cm³/mol. The first kappa shape index (κ1) is 11.9. The van der Waals surface area contributed by atoms with E-state index in [1.807, 2.05) is 0 Å². The third-order valence-corrected chi connectivity index (χ3v) is 2.56. The van der Waals surface area contributed by atoms with Crippen molar-refractivity contribution >= 4 is 0 Å². The summed E-state index contributed by atoms with van der Waals surface area (Å²) < 4.78 is 5.14. The first-order valence-corrected chi connectivity index (χ1v) is 4.84. The Kier molecular flexibility index (Phi) is 5.51. The molecular weight excluding hydrogens is 150 g/mol. The summed E-state index contributed by atoms with van der Waals surface area (Å²) in [5.41, 5.74) is 6.09. The van der Waals surface area contributed by atoms with Crippen LogP contribution < -0.4 is 5.73 Å². The monoisotopic (exact) mass is 173 g/mol. The van der Waals surface area contributed by atoms with Crippen molar-refractivity contribution in [2.75, 3.05) is 13.7 Å². The maximum atomic E-state index is 6.21. The Labute approximate surface area is 76.5 Å². The second-order valence-corrected chi connectivity index (χ2v) is 3.92. The van der Waals surface area contributed by atoms with Crippen LogP contribution in [0.4, 0.5) is 0 Å². The first-order chi connectivity index (χ1) is 5.56. The van der Waals surface area contributed by atoms with Gasteiger partial charge in [-0.15, -0.1) is 0 Å². The maximum absolute atomic E-state index is 6.21. The second-order valence-electron chi connectivity index (χ2n) is 3.92. The molecule has 0 aromatic rings. The molecule has 0 aliphatic carbocycles. The number of methoxy groups -OCH3 is 1. The number of rotatable bonds is 6. The molecular formula is C10H23NO. The summed E-state index contributed by atoms with van der Waals surface area (Å²) in [6.07, 6.45) is 3.46. The highest BCUT2D eigenvalue weighted by Crippen LogP contribution is 2.21. The molecule has 0 aliphatic heterocycles. The molecule has 0 bridgehead atoms. The Morgan fingerprint density at radius 1 is 1.42 bits per heavy atom. The molecule has 12 heavy (non-hydrogen) atoms. The molecule has 74 valence electrons. The van der Waals surface area contributed by atoms with Crippen LogP contribution in [0.1, 0.15) is 40.0 Å². The Balaban J connectivity index is 3.99. The summed E-state index contributed by atoms with van der Waals surface area (Å²) in [5, 5.41) is 0. The lowest BCUT2D eigenvalue weighted by Gasteiger charge is -2.32. The molecule has 1 unspecified atom stereocenters. The van der Waals surface area contributed by atoms with E-state index in [1.54, 1.807) is 7.11 Å². The van der Waals surface area contributed by atoms with Gasteiger partial charge in [-0.3, -0.25) is 0 Å². The maximum Gasteiger partial charge on any atom is 0.0644 e. The van der Waals surface area contributed by atoms with Gasteiger partial charge < -0.3 is 10.5 Å². The van der Waals surface area contributed by atoms with E-state index in [2.05, 4.69) is 20.8 Å². The molecule has 1 atom stereocenters. The summed E-state index contributed by atoms with van der Waals surface area (Å²) >= 11 is 0. The summed E-state index contributed by atoms with van der Waals surface area (Å²) in [6.45, 7) is 7.18. The normalized spacial score (nSPS) is 16.5. The molecule has 0 amide bonds. The van der Waals surface area contributed by atoms with E-state index in [4.69, 9.17) is 10.5 Å². The van der Waals surface area contributed by atoms with Crippen molar-refractivity contribution in [2.24, 2.45) is 11.7 Å². The lowest BCUT2D eigenvalue weighted by atomic mass is 9.83. The van der Waals surface area contributed by atoms with Crippen LogP contribution in [-0.2, 0) is 4.74 Å². The van der Waals surface area contributed by atoms with Gasteiger partial charge in [0.1, 0.15) is 0 Å². The SMILES string of the molecule is CCCCC(N)(COC)C(C)C.